The van der Waals surface area contributed by atoms with Gasteiger partial charge in [-0.2, -0.15) is 0 Å². The van der Waals surface area contributed by atoms with Gasteiger partial charge in [0.15, 0.2) is 6.29 Å². The van der Waals surface area contributed by atoms with Crippen LogP contribution in [0.4, 0.5) is 5.82 Å². The van der Waals surface area contributed by atoms with Gasteiger partial charge in [-0.25, -0.2) is 4.98 Å². The number of anilines is 1. The summed E-state index contributed by atoms with van der Waals surface area (Å²) >= 11 is 0. The average molecular weight is 320 g/mol. The van der Waals surface area contributed by atoms with Gasteiger partial charge in [-0.15, -0.1) is 0 Å². The van der Waals surface area contributed by atoms with Gasteiger partial charge in [-0.05, 0) is 38.8 Å². The highest BCUT2D eigenvalue weighted by Gasteiger charge is 2.31. The highest BCUT2D eigenvalue weighted by atomic mass is 16.5. The number of methoxy groups -OCH3 is 1. The number of hydrogen-bond donors (Lipinski definition) is 0. The van der Waals surface area contributed by atoms with Gasteiger partial charge in [-0.3, -0.25) is 9.59 Å². The van der Waals surface area contributed by atoms with E-state index in [0.717, 1.165) is 38.0 Å². The maximum Gasteiger partial charge on any atom is 0.313 e. The molecule has 1 aliphatic heterocycles. The molecule has 2 heterocycles. The van der Waals surface area contributed by atoms with Crippen LogP contribution >= 0.6 is 0 Å². The molecular formula is C17H24N2O4. The number of piperidine rings is 1. The molecule has 6 heteroatoms. The van der Waals surface area contributed by atoms with Crippen molar-refractivity contribution in [1.29, 1.82) is 0 Å². The van der Waals surface area contributed by atoms with E-state index in [-0.39, 0.29) is 12.1 Å². The molecule has 0 atom stereocenters. The normalized spacial score (nSPS) is 16.2. The highest BCUT2D eigenvalue weighted by Crippen LogP contribution is 2.23. The van der Waals surface area contributed by atoms with E-state index in [9.17, 15) is 9.59 Å². The van der Waals surface area contributed by atoms with Gasteiger partial charge in [0, 0.05) is 24.8 Å². The molecule has 0 N–H and O–H groups in total. The van der Waals surface area contributed by atoms with E-state index in [1.807, 2.05) is 19.9 Å². The highest BCUT2D eigenvalue weighted by molar-refractivity contribution is 5.76. The molecule has 1 saturated heterocycles. The minimum Gasteiger partial charge on any atom is -0.469 e. The summed E-state index contributed by atoms with van der Waals surface area (Å²) < 4.78 is 10.7. The van der Waals surface area contributed by atoms with Crippen molar-refractivity contribution in [3.8, 4) is 0 Å². The third-order valence-corrected chi connectivity index (χ3v) is 4.09. The second kappa shape index (κ2) is 7.55. The Morgan fingerprint density at radius 1 is 1.39 bits per heavy atom. The van der Waals surface area contributed by atoms with E-state index in [1.165, 1.54) is 7.11 Å². The number of esters is 1. The van der Waals surface area contributed by atoms with Crippen LogP contribution in [0.3, 0.4) is 0 Å². The first-order valence-corrected chi connectivity index (χ1v) is 7.82. The van der Waals surface area contributed by atoms with E-state index in [0.29, 0.717) is 12.2 Å². The fourth-order valence-corrected chi connectivity index (χ4v) is 2.57. The van der Waals surface area contributed by atoms with Crippen LogP contribution in [0.5, 0.6) is 0 Å². The quantitative estimate of drug-likeness (QED) is 0.590. The summed E-state index contributed by atoms with van der Waals surface area (Å²) in [6, 6.07) is 3.64. The lowest BCUT2D eigenvalue weighted by atomic mass is 9.95. The molecule has 0 bridgehead atoms. The molecule has 1 fully saturated rings. The van der Waals surface area contributed by atoms with Crippen molar-refractivity contribution < 1.29 is 19.1 Å². The zero-order valence-corrected chi connectivity index (χ0v) is 13.9. The molecule has 0 aromatic carbocycles. The first-order valence-electron chi connectivity index (χ1n) is 7.82. The maximum atomic E-state index is 11.7. The zero-order chi connectivity index (χ0) is 16.9. The molecule has 2 rings (SSSR count). The number of carbonyl (C=O) groups is 2. The van der Waals surface area contributed by atoms with Crippen molar-refractivity contribution in [1.82, 2.24) is 4.98 Å². The monoisotopic (exact) mass is 320 g/mol. The lowest BCUT2D eigenvalue weighted by Crippen LogP contribution is -2.40. The number of hydrogen-bond acceptors (Lipinski definition) is 6. The van der Waals surface area contributed by atoms with Gasteiger partial charge >= 0.3 is 5.97 Å². The fraction of sp³-hybridized carbons (Fsp3) is 0.588. The van der Waals surface area contributed by atoms with Gasteiger partial charge in [0.05, 0.1) is 25.2 Å². The molecule has 0 amide bonds. The van der Waals surface area contributed by atoms with E-state index in [2.05, 4.69) is 9.88 Å². The summed E-state index contributed by atoms with van der Waals surface area (Å²) in [5.74, 6) is 0.623. The van der Waals surface area contributed by atoms with Crippen molar-refractivity contribution in [2.24, 2.45) is 5.41 Å². The van der Waals surface area contributed by atoms with Crippen LogP contribution in [0.15, 0.2) is 18.3 Å². The molecule has 1 aromatic heterocycles. The van der Waals surface area contributed by atoms with Gasteiger partial charge < -0.3 is 14.4 Å². The molecule has 0 unspecified atom stereocenters. The first kappa shape index (κ1) is 17.4. The number of ether oxygens (including phenoxy) is 2. The molecule has 0 saturated carbocycles. The molecule has 1 aromatic rings. The van der Waals surface area contributed by atoms with Crippen LogP contribution in [-0.4, -0.2) is 50.1 Å². The molecule has 0 radical (unpaired) electrons. The summed E-state index contributed by atoms with van der Waals surface area (Å²) in [7, 11) is 1.39. The number of carbonyl (C=O) groups excluding carboxylic acids is 2. The largest absolute Gasteiger partial charge is 0.469 e. The van der Waals surface area contributed by atoms with Gasteiger partial charge in [0.25, 0.3) is 0 Å². The van der Waals surface area contributed by atoms with Crippen molar-refractivity contribution in [2.45, 2.75) is 32.8 Å². The van der Waals surface area contributed by atoms with Crippen LogP contribution in [-0.2, 0) is 14.3 Å². The number of aldehydes is 1. The Kier molecular flexibility index (Phi) is 5.71. The number of aromatic nitrogens is 1. The Balaban J connectivity index is 1.81. The molecule has 1 aliphatic rings. The molecule has 0 spiro atoms. The Labute approximate surface area is 136 Å². The molecule has 6 nitrogen and oxygen atoms in total. The van der Waals surface area contributed by atoms with E-state index in [1.54, 1.807) is 12.3 Å². The van der Waals surface area contributed by atoms with Crippen molar-refractivity contribution in [2.75, 3.05) is 31.7 Å². The number of pyridine rings is 1. The van der Waals surface area contributed by atoms with Crippen LogP contribution in [0.2, 0.25) is 0 Å². The van der Waals surface area contributed by atoms with Gasteiger partial charge in [-0.1, -0.05) is 0 Å². The predicted molar refractivity (Wildman–Crippen MR) is 86.6 cm³/mol. The first-order chi connectivity index (χ1) is 11.0. The third-order valence-electron chi connectivity index (χ3n) is 4.09. The number of rotatable bonds is 6. The van der Waals surface area contributed by atoms with Crippen molar-refractivity contribution >= 4 is 18.1 Å². The fourth-order valence-electron chi connectivity index (χ4n) is 2.57. The van der Waals surface area contributed by atoms with Crippen molar-refractivity contribution in [3.63, 3.8) is 0 Å². The standard InChI is InChI=1S/C17H24N2O4/c1-17(2,16(21)22-3)12-23-14-6-8-19(9-7-14)15-5-4-13(11-20)10-18-15/h4-5,10-11,14H,6-9,12H2,1-3H3. The minimum absolute atomic E-state index is 0.143. The smallest absolute Gasteiger partial charge is 0.313 e. The Morgan fingerprint density at radius 2 is 2.09 bits per heavy atom. The van der Waals surface area contributed by atoms with Crippen molar-refractivity contribution in [3.05, 3.63) is 23.9 Å². The Hall–Kier alpha value is -1.95. The van der Waals surface area contributed by atoms with Crippen LogP contribution in [0, 0.1) is 5.41 Å². The maximum absolute atomic E-state index is 11.7. The second-order valence-corrected chi connectivity index (χ2v) is 6.44. The Bertz CT molecular complexity index is 534. The summed E-state index contributed by atoms with van der Waals surface area (Å²) in [5, 5.41) is 0. The molecule has 23 heavy (non-hydrogen) atoms. The topological polar surface area (TPSA) is 68.7 Å². The van der Waals surface area contributed by atoms with Crippen LogP contribution < -0.4 is 4.90 Å². The summed E-state index contributed by atoms with van der Waals surface area (Å²) in [6.45, 7) is 5.70. The summed E-state index contributed by atoms with van der Waals surface area (Å²) in [6.07, 6.45) is 4.29. The summed E-state index contributed by atoms with van der Waals surface area (Å²) in [4.78, 5) is 28.8. The van der Waals surface area contributed by atoms with E-state index in [4.69, 9.17) is 9.47 Å². The van der Waals surface area contributed by atoms with Gasteiger partial charge in [0.2, 0.25) is 0 Å². The minimum atomic E-state index is -0.627. The lowest BCUT2D eigenvalue weighted by Gasteiger charge is -2.34. The number of nitrogens with zero attached hydrogens (tertiary/aromatic N) is 2. The lowest BCUT2D eigenvalue weighted by molar-refractivity contribution is -0.155. The predicted octanol–water partition coefficient (Wildman–Crippen LogP) is 2.08. The van der Waals surface area contributed by atoms with E-state index < -0.39 is 5.41 Å². The van der Waals surface area contributed by atoms with Crippen LogP contribution in [0.1, 0.15) is 37.0 Å². The molecular weight excluding hydrogens is 296 g/mol. The summed E-state index contributed by atoms with van der Waals surface area (Å²) in [5.41, 5.74) is -0.0463. The van der Waals surface area contributed by atoms with Gasteiger partial charge in [0.1, 0.15) is 5.82 Å². The third kappa shape index (κ3) is 4.51. The second-order valence-electron chi connectivity index (χ2n) is 6.44. The molecule has 0 aliphatic carbocycles. The average Bonchev–Trinajstić information content (AvgIpc) is 2.60. The SMILES string of the molecule is COC(=O)C(C)(C)COC1CCN(c2ccc(C=O)cn2)CC1. The zero-order valence-electron chi connectivity index (χ0n) is 13.9. The van der Waals surface area contributed by atoms with Crippen LogP contribution in [0.25, 0.3) is 0 Å². The Morgan fingerprint density at radius 3 is 2.61 bits per heavy atom. The molecule has 126 valence electrons. The van der Waals surface area contributed by atoms with E-state index >= 15 is 0 Å².